The van der Waals surface area contributed by atoms with Gasteiger partial charge in [-0.25, -0.2) is 0 Å². The quantitative estimate of drug-likeness (QED) is 0.541. The first-order valence-electron chi connectivity index (χ1n) is 8.67. The number of aryl methyl sites for hydroxylation is 1. The molecule has 0 aromatic heterocycles. The number of hydrogen-bond donors (Lipinski definition) is 0. The molecule has 0 saturated carbocycles. The zero-order chi connectivity index (χ0) is 15.8. The Kier molecular flexibility index (Phi) is 7.07. The van der Waals surface area contributed by atoms with Crippen molar-refractivity contribution in [2.24, 2.45) is 0 Å². The minimum atomic E-state index is -0.0562. The molecule has 1 aromatic rings. The summed E-state index contributed by atoms with van der Waals surface area (Å²) in [6, 6.07) is 8.17. The van der Waals surface area contributed by atoms with Gasteiger partial charge in [0.05, 0.1) is 19.3 Å². The van der Waals surface area contributed by atoms with Crippen LogP contribution in [0.2, 0.25) is 0 Å². The molecule has 1 aromatic carbocycles. The lowest BCUT2D eigenvalue weighted by Crippen LogP contribution is -2.45. The van der Waals surface area contributed by atoms with Gasteiger partial charge in [-0.1, -0.05) is 50.5 Å². The molecule has 122 valence electrons. The summed E-state index contributed by atoms with van der Waals surface area (Å²) < 4.78 is 5.35. The third-order valence-corrected chi connectivity index (χ3v) is 4.53. The van der Waals surface area contributed by atoms with Crippen LogP contribution in [0.1, 0.15) is 55.5 Å². The van der Waals surface area contributed by atoms with Crippen LogP contribution in [0.3, 0.4) is 0 Å². The van der Waals surface area contributed by atoms with Crippen LogP contribution >= 0.6 is 0 Å². The zero-order valence-electron chi connectivity index (χ0n) is 14.0. The molecule has 0 spiro atoms. The second-order valence-electron chi connectivity index (χ2n) is 6.20. The molecule has 22 heavy (non-hydrogen) atoms. The van der Waals surface area contributed by atoms with E-state index in [9.17, 15) is 4.79 Å². The monoisotopic (exact) mass is 303 g/mol. The Morgan fingerprint density at radius 1 is 1.14 bits per heavy atom. The molecule has 0 bridgehead atoms. The van der Waals surface area contributed by atoms with E-state index < -0.39 is 0 Å². The van der Waals surface area contributed by atoms with Crippen molar-refractivity contribution in [2.45, 2.75) is 52.0 Å². The van der Waals surface area contributed by atoms with Crippen LogP contribution in [0.4, 0.5) is 0 Å². The number of carbonyl (C=O) groups excluding carboxylic acids is 1. The Labute approximate surface area is 134 Å². The summed E-state index contributed by atoms with van der Waals surface area (Å²) in [4.78, 5) is 14.8. The van der Waals surface area contributed by atoms with Crippen LogP contribution in [-0.4, -0.2) is 43.0 Å². The molecule has 0 aliphatic carbocycles. The largest absolute Gasteiger partial charge is 0.379 e. The standard InChI is InChI=1S/C19H29NO2/c1-3-4-5-6-7-17-8-10-18(11-9-17)19(21)16(2)20-12-14-22-15-13-20/h8-11,16H,3-7,12-15H2,1-2H3. The van der Waals surface area contributed by atoms with E-state index in [1.54, 1.807) is 0 Å². The van der Waals surface area contributed by atoms with E-state index in [0.717, 1.165) is 38.3 Å². The van der Waals surface area contributed by atoms with Crippen LogP contribution in [0.5, 0.6) is 0 Å². The molecule has 1 aliphatic rings. The highest BCUT2D eigenvalue weighted by Crippen LogP contribution is 2.14. The number of rotatable bonds is 8. The fraction of sp³-hybridized carbons (Fsp3) is 0.632. The molecular weight excluding hydrogens is 274 g/mol. The lowest BCUT2D eigenvalue weighted by atomic mass is 10.00. The van der Waals surface area contributed by atoms with Crippen molar-refractivity contribution in [2.75, 3.05) is 26.3 Å². The van der Waals surface area contributed by atoms with Crippen molar-refractivity contribution in [1.82, 2.24) is 4.90 Å². The first-order chi connectivity index (χ1) is 10.7. The van der Waals surface area contributed by atoms with Crippen LogP contribution in [0, 0.1) is 0 Å². The minimum Gasteiger partial charge on any atom is -0.379 e. The van der Waals surface area contributed by atoms with Gasteiger partial charge in [0, 0.05) is 18.7 Å². The van der Waals surface area contributed by atoms with E-state index in [4.69, 9.17) is 4.74 Å². The SMILES string of the molecule is CCCCCCc1ccc(C(=O)C(C)N2CCOCC2)cc1. The van der Waals surface area contributed by atoms with Gasteiger partial charge >= 0.3 is 0 Å². The Morgan fingerprint density at radius 2 is 1.82 bits per heavy atom. The topological polar surface area (TPSA) is 29.5 Å². The van der Waals surface area contributed by atoms with Gasteiger partial charge in [0.25, 0.3) is 0 Å². The van der Waals surface area contributed by atoms with E-state index in [0.29, 0.717) is 0 Å². The van der Waals surface area contributed by atoms with Gasteiger partial charge in [0.1, 0.15) is 0 Å². The number of morpholine rings is 1. The highest BCUT2D eigenvalue weighted by atomic mass is 16.5. The molecule has 1 fully saturated rings. The molecule has 3 heteroatoms. The first-order valence-corrected chi connectivity index (χ1v) is 8.67. The van der Waals surface area contributed by atoms with Gasteiger partial charge in [-0.05, 0) is 25.3 Å². The lowest BCUT2D eigenvalue weighted by molar-refractivity contribution is 0.0208. The maximum Gasteiger partial charge on any atom is 0.179 e. The summed E-state index contributed by atoms with van der Waals surface area (Å²) in [5.41, 5.74) is 2.17. The predicted octanol–water partition coefficient (Wildman–Crippen LogP) is 3.71. The number of benzene rings is 1. The van der Waals surface area contributed by atoms with Crippen molar-refractivity contribution in [3.63, 3.8) is 0 Å². The second-order valence-corrected chi connectivity index (χ2v) is 6.20. The van der Waals surface area contributed by atoms with E-state index in [2.05, 4.69) is 24.0 Å². The molecule has 1 saturated heterocycles. The summed E-state index contributed by atoms with van der Waals surface area (Å²) in [7, 11) is 0. The Balaban J connectivity index is 1.87. The van der Waals surface area contributed by atoms with Crippen LogP contribution in [0.25, 0.3) is 0 Å². The number of Topliss-reactive ketones (excluding diaryl/α,β-unsaturated/α-hetero) is 1. The molecule has 2 rings (SSSR count). The lowest BCUT2D eigenvalue weighted by Gasteiger charge is -2.31. The van der Waals surface area contributed by atoms with E-state index in [1.807, 2.05) is 19.1 Å². The first kappa shape index (κ1) is 17.2. The van der Waals surface area contributed by atoms with Crippen LogP contribution in [0.15, 0.2) is 24.3 Å². The molecular formula is C19H29NO2. The number of hydrogen-bond acceptors (Lipinski definition) is 3. The van der Waals surface area contributed by atoms with Gasteiger partial charge in [0.2, 0.25) is 0 Å². The number of unbranched alkanes of at least 4 members (excludes halogenated alkanes) is 3. The van der Waals surface area contributed by atoms with Crippen LogP contribution < -0.4 is 0 Å². The number of nitrogens with zero attached hydrogens (tertiary/aromatic N) is 1. The molecule has 0 amide bonds. The summed E-state index contributed by atoms with van der Waals surface area (Å²) in [5, 5.41) is 0. The van der Waals surface area contributed by atoms with Gasteiger partial charge in [0.15, 0.2) is 5.78 Å². The Hall–Kier alpha value is -1.19. The average Bonchev–Trinajstić information content (AvgIpc) is 2.59. The maximum atomic E-state index is 12.6. The van der Waals surface area contributed by atoms with Crippen LogP contribution in [-0.2, 0) is 11.2 Å². The third kappa shape index (κ3) is 4.92. The third-order valence-electron chi connectivity index (χ3n) is 4.53. The predicted molar refractivity (Wildman–Crippen MR) is 90.5 cm³/mol. The fourth-order valence-corrected chi connectivity index (χ4v) is 2.96. The van der Waals surface area contributed by atoms with Gasteiger partial charge in [-0.2, -0.15) is 0 Å². The van der Waals surface area contributed by atoms with Gasteiger partial charge in [-0.15, -0.1) is 0 Å². The van der Waals surface area contributed by atoms with E-state index in [-0.39, 0.29) is 11.8 Å². The molecule has 3 nitrogen and oxygen atoms in total. The van der Waals surface area contributed by atoms with Crippen molar-refractivity contribution < 1.29 is 9.53 Å². The molecule has 1 aliphatic heterocycles. The summed E-state index contributed by atoms with van der Waals surface area (Å²) in [6.07, 6.45) is 6.24. The highest BCUT2D eigenvalue weighted by Gasteiger charge is 2.23. The minimum absolute atomic E-state index is 0.0562. The summed E-state index contributed by atoms with van der Waals surface area (Å²) in [6.45, 7) is 7.40. The Bertz CT molecular complexity index is 449. The second kappa shape index (κ2) is 9.06. The van der Waals surface area contributed by atoms with Crippen molar-refractivity contribution in [3.05, 3.63) is 35.4 Å². The van der Waals surface area contributed by atoms with Crippen molar-refractivity contribution in [1.29, 1.82) is 0 Å². The maximum absolute atomic E-state index is 12.6. The van der Waals surface area contributed by atoms with Crippen molar-refractivity contribution in [3.8, 4) is 0 Å². The summed E-state index contributed by atoms with van der Waals surface area (Å²) in [5.74, 6) is 0.222. The molecule has 0 radical (unpaired) electrons. The van der Waals surface area contributed by atoms with E-state index in [1.165, 1.54) is 31.2 Å². The Morgan fingerprint density at radius 3 is 2.45 bits per heavy atom. The van der Waals surface area contributed by atoms with Gasteiger partial charge < -0.3 is 4.74 Å². The number of ketones is 1. The molecule has 1 atom stereocenters. The molecule has 1 heterocycles. The normalized spacial score (nSPS) is 17.4. The summed E-state index contributed by atoms with van der Waals surface area (Å²) >= 11 is 0. The smallest absolute Gasteiger partial charge is 0.179 e. The number of carbonyl (C=O) groups is 1. The highest BCUT2D eigenvalue weighted by molar-refractivity contribution is 5.99. The van der Waals surface area contributed by atoms with Gasteiger partial charge in [-0.3, -0.25) is 9.69 Å². The number of ether oxygens (including phenoxy) is 1. The zero-order valence-corrected chi connectivity index (χ0v) is 14.0. The fourth-order valence-electron chi connectivity index (χ4n) is 2.96. The van der Waals surface area contributed by atoms with E-state index >= 15 is 0 Å². The molecule has 0 N–H and O–H groups in total. The average molecular weight is 303 g/mol. The van der Waals surface area contributed by atoms with Crippen molar-refractivity contribution >= 4 is 5.78 Å². The molecule has 1 unspecified atom stereocenters.